The lowest BCUT2D eigenvalue weighted by Crippen LogP contribution is -2.43. The minimum atomic E-state index is 0.00477. The molecule has 1 aliphatic rings. The van der Waals surface area contributed by atoms with Gasteiger partial charge >= 0.3 is 0 Å². The standard InChI is InChI=1S/C17H28N4O2S/c1-20(2)16(22)11-19-17(18-8-6-15-5-4-10-24-15)21(3)12-14-7-9-23-13-14/h4-5,10,14H,6-9,11-13H2,1-3H3,(H,18,19). The van der Waals surface area contributed by atoms with E-state index in [1.165, 1.54) is 4.88 Å². The van der Waals surface area contributed by atoms with Gasteiger partial charge in [0.2, 0.25) is 5.91 Å². The first-order valence-corrected chi connectivity index (χ1v) is 9.24. The van der Waals surface area contributed by atoms with Crippen molar-refractivity contribution in [2.45, 2.75) is 12.8 Å². The van der Waals surface area contributed by atoms with E-state index < -0.39 is 0 Å². The van der Waals surface area contributed by atoms with Crippen LogP contribution >= 0.6 is 11.3 Å². The number of amides is 1. The molecule has 1 atom stereocenters. The Morgan fingerprint density at radius 2 is 2.29 bits per heavy atom. The van der Waals surface area contributed by atoms with Crippen molar-refractivity contribution in [3.05, 3.63) is 22.4 Å². The first kappa shape index (κ1) is 18.7. The van der Waals surface area contributed by atoms with Gasteiger partial charge in [-0.15, -0.1) is 11.3 Å². The van der Waals surface area contributed by atoms with Gasteiger partial charge in [-0.3, -0.25) is 4.79 Å². The van der Waals surface area contributed by atoms with Gasteiger partial charge in [0.25, 0.3) is 0 Å². The second-order valence-corrected chi connectivity index (χ2v) is 7.33. The van der Waals surface area contributed by atoms with E-state index in [-0.39, 0.29) is 12.5 Å². The minimum Gasteiger partial charge on any atom is -0.381 e. The summed E-state index contributed by atoms with van der Waals surface area (Å²) in [6.07, 6.45) is 2.04. The highest BCUT2D eigenvalue weighted by atomic mass is 32.1. The molecule has 1 aromatic rings. The van der Waals surface area contributed by atoms with E-state index >= 15 is 0 Å². The van der Waals surface area contributed by atoms with Crippen molar-refractivity contribution in [1.29, 1.82) is 0 Å². The number of carbonyl (C=O) groups excluding carboxylic acids is 1. The van der Waals surface area contributed by atoms with Gasteiger partial charge in [0.15, 0.2) is 5.96 Å². The number of aliphatic imine (C=N–C) groups is 1. The summed E-state index contributed by atoms with van der Waals surface area (Å²) in [7, 11) is 5.53. The average Bonchev–Trinajstić information content (AvgIpc) is 3.23. The fraction of sp³-hybridized carbons (Fsp3) is 0.647. The molecular formula is C17H28N4O2S. The number of hydrogen-bond acceptors (Lipinski definition) is 4. The lowest BCUT2D eigenvalue weighted by atomic mass is 10.1. The molecule has 0 bridgehead atoms. The first-order valence-electron chi connectivity index (χ1n) is 8.36. The fourth-order valence-electron chi connectivity index (χ4n) is 2.55. The second-order valence-electron chi connectivity index (χ2n) is 6.29. The Kier molecular flexibility index (Phi) is 7.52. The molecule has 1 aromatic heterocycles. The zero-order valence-electron chi connectivity index (χ0n) is 14.8. The average molecular weight is 353 g/mol. The van der Waals surface area contributed by atoms with Gasteiger partial charge in [0.1, 0.15) is 6.54 Å². The summed E-state index contributed by atoms with van der Waals surface area (Å²) in [4.78, 5) is 21.4. The van der Waals surface area contributed by atoms with Crippen LogP contribution in [0.3, 0.4) is 0 Å². The number of nitrogens with one attached hydrogen (secondary N) is 1. The maximum atomic E-state index is 11.8. The van der Waals surface area contributed by atoms with Crippen molar-refractivity contribution >= 4 is 23.2 Å². The van der Waals surface area contributed by atoms with Gasteiger partial charge in [-0.2, -0.15) is 0 Å². The van der Waals surface area contributed by atoms with Crippen molar-refractivity contribution in [2.24, 2.45) is 10.9 Å². The molecule has 0 radical (unpaired) electrons. The van der Waals surface area contributed by atoms with Gasteiger partial charge in [-0.25, -0.2) is 4.99 Å². The number of guanidine groups is 1. The third-order valence-electron chi connectivity index (χ3n) is 4.02. The molecule has 1 aliphatic heterocycles. The van der Waals surface area contributed by atoms with E-state index in [0.717, 1.165) is 45.1 Å². The minimum absolute atomic E-state index is 0.00477. The number of hydrogen-bond donors (Lipinski definition) is 1. The Morgan fingerprint density at radius 3 is 2.92 bits per heavy atom. The van der Waals surface area contributed by atoms with E-state index in [1.807, 2.05) is 7.05 Å². The summed E-state index contributed by atoms with van der Waals surface area (Å²) in [6, 6.07) is 4.20. The molecule has 134 valence electrons. The van der Waals surface area contributed by atoms with Crippen molar-refractivity contribution in [2.75, 3.05) is 54.0 Å². The Bertz CT molecular complexity index is 525. The second kappa shape index (κ2) is 9.64. The molecule has 1 saturated heterocycles. The lowest BCUT2D eigenvalue weighted by Gasteiger charge is -2.25. The monoisotopic (exact) mass is 352 g/mol. The summed E-state index contributed by atoms with van der Waals surface area (Å²) in [5.41, 5.74) is 0. The highest BCUT2D eigenvalue weighted by Gasteiger charge is 2.19. The molecule has 24 heavy (non-hydrogen) atoms. The van der Waals surface area contributed by atoms with Crippen LogP contribution < -0.4 is 5.32 Å². The van der Waals surface area contributed by atoms with Gasteiger partial charge < -0.3 is 19.9 Å². The zero-order valence-corrected chi connectivity index (χ0v) is 15.6. The number of ether oxygens (including phenoxy) is 1. The van der Waals surface area contributed by atoms with Crippen LogP contribution in [0.25, 0.3) is 0 Å². The molecule has 0 saturated carbocycles. The van der Waals surface area contributed by atoms with Crippen LogP contribution in [-0.4, -0.2) is 75.7 Å². The Hall–Kier alpha value is -1.60. The van der Waals surface area contributed by atoms with Gasteiger partial charge in [-0.1, -0.05) is 6.07 Å². The number of carbonyl (C=O) groups is 1. The lowest BCUT2D eigenvalue weighted by molar-refractivity contribution is -0.127. The van der Waals surface area contributed by atoms with Crippen LogP contribution in [-0.2, 0) is 16.0 Å². The maximum absolute atomic E-state index is 11.8. The Labute approximate surface area is 148 Å². The summed E-state index contributed by atoms with van der Waals surface area (Å²) in [5, 5.41) is 5.49. The van der Waals surface area contributed by atoms with Crippen LogP contribution in [0.2, 0.25) is 0 Å². The predicted molar refractivity (Wildman–Crippen MR) is 98.6 cm³/mol. The smallest absolute Gasteiger partial charge is 0.243 e. The third kappa shape index (κ3) is 6.13. The molecule has 6 nitrogen and oxygen atoms in total. The van der Waals surface area contributed by atoms with Crippen molar-refractivity contribution in [3.63, 3.8) is 0 Å². The molecule has 0 spiro atoms. The molecule has 1 amide bonds. The molecule has 0 aromatic carbocycles. The predicted octanol–water partition coefficient (Wildman–Crippen LogP) is 1.29. The summed E-state index contributed by atoms with van der Waals surface area (Å²) < 4.78 is 5.45. The summed E-state index contributed by atoms with van der Waals surface area (Å²) >= 11 is 1.76. The molecule has 7 heteroatoms. The van der Waals surface area contributed by atoms with Crippen molar-refractivity contribution in [3.8, 4) is 0 Å². The van der Waals surface area contributed by atoms with Crippen LogP contribution in [0.5, 0.6) is 0 Å². The maximum Gasteiger partial charge on any atom is 0.243 e. The molecule has 1 N–H and O–H groups in total. The summed E-state index contributed by atoms with van der Waals surface area (Å²) in [5.74, 6) is 1.32. The van der Waals surface area contributed by atoms with Crippen molar-refractivity contribution in [1.82, 2.24) is 15.1 Å². The van der Waals surface area contributed by atoms with Crippen molar-refractivity contribution < 1.29 is 9.53 Å². The van der Waals surface area contributed by atoms with E-state index in [2.05, 4.69) is 32.7 Å². The molecular weight excluding hydrogens is 324 g/mol. The largest absolute Gasteiger partial charge is 0.381 e. The summed E-state index contributed by atoms with van der Waals surface area (Å²) in [6.45, 7) is 3.52. The normalized spacial score (nSPS) is 17.8. The number of rotatable bonds is 7. The quantitative estimate of drug-likeness (QED) is 0.593. The fourth-order valence-corrected chi connectivity index (χ4v) is 3.26. The molecule has 1 fully saturated rings. The highest BCUT2D eigenvalue weighted by molar-refractivity contribution is 7.09. The Morgan fingerprint density at radius 1 is 1.46 bits per heavy atom. The number of thiophene rings is 1. The van der Waals surface area contributed by atoms with Gasteiger partial charge in [0, 0.05) is 51.6 Å². The number of likely N-dealkylation sites (N-methyl/N-ethyl adjacent to an activating group) is 1. The van der Waals surface area contributed by atoms with Crippen LogP contribution in [0, 0.1) is 5.92 Å². The SMILES string of the molecule is CN(C)C(=O)CN=C(NCCc1cccs1)N(C)CC1CCOC1. The van der Waals surface area contributed by atoms with Crippen LogP contribution in [0.15, 0.2) is 22.5 Å². The first-order chi connectivity index (χ1) is 11.6. The molecule has 2 heterocycles. The highest BCUT2D eigenvalue weighted by Crippen LogP contribution is 2.13. The van der Waals surface area contributed by atoms with Crippen LogP contribution in [0.1, 0.15) is 11.3 Å². The van der Waals surface area contributed by atoms with E-state index in [1.54, 1.807) is 30.3 Å². The Balaban J connectivity index is 1.90. The van der Waals surface area contributed by atoms with E-state index in [4.69, 9.17) is 4.74 Å². The topological polar surface area (TPSA) is 57.2 Å². The zero-order chi connectivity index (χ0) is 17.4. The van der Waals surface area contributed by atoms with Gasteiger partial charge in [0.05, 0.1) is 6.61 Å². The molecule has 2 rings (SSSR count). The van der Waals surface area contributed by atoms with E-state index in [9.17, 15) is 4.79 Å². The van der Waals surface area contributed by atoms with Gasteiger partial charge in [-0.05, 0) is 24.3 Å². The molecule has 1 unspecified atom stereocenters. The third-order valence-corrected chi connectivity index (χ3v) is 4.95. The van der Waals surface area contributed by atoms with E-state index in [0.29, 0.717) is 5.92 Å². The van der Waals surface area contributed by atoms with Crippen LogP contribution in [0.4, 0.5) is 0 Å². The molecule has 0 aliphatic carbocycles. The number of nitrogens with zero attached hydrogens (tertiary/aromatic N) is 3.